The van der Waals surface area contributed by atoms with E-state index in [-0.39, 0.29) is 18.4 Å². The fourth-order valence-corrected chi connectivity index (χ4v) is 3.54. The second-order valence-electron chi connectivity index (χ2n) is 6.75. The van der Waals surface area contributed by atoms with Crippen LogP contribution >= 0.6 is 0 Å². The summed E-state index contributed by atoms with van der Waals surface area (Å²) in [4.78, 5) is 23.8. The predicted octanol–water partition coefficient (Wildman–Crippen LogP) is 2.35. The van der Waals surface area contributed by atoms with Gasteiger partial charge >= 0.3 is 0 Å². The summed E-state index contributed by atoms with van der Waals surface area (Å²) >= 11 is 0. The molecule has 0 spiro atoms. The Kier molecular flexibility index (Phi) is 4.43. The molecule has 1 fully saturated rings. The largest absolute Gasteiger partial charge is 0.361 e. The van der Waals surface area contributed by atoms with Crippen molar-refractivity contribution in [3.05, 3.63) is 40.9 Å². The van der Waals surface area contributed by atoms with E-state index in [2.05, 4.69) is 20.5 Å². The van der Waals surface area contributed by atoms with E-state index in [0.29, 0.717) is 29.4 Å². The van der Waals surface area contributed by atoms with E-state index in [4.69, 9.17) is 14.1 Å². The molecule has 3 aromatic heterocycles. The minimum atomic E-state index is -0.106. The summed E-state index contributed by atoms with van der Waals surface area (Å²) in [6.07, 6.45) is 5.36. The molecule has 0 radical (unpaired) electrons. The van der Waals surface area contributed by atoms with Crippen LogP contribution in [0.5, 0.6) is 0 Å². The number of aryl methyl sites for hydroxylation is 3. The zero-order valence-electron chi connectivity index (χ0n) is 15.5. The van der Waals surface area contributed by atoms with Gasteiger partial charge in [-0.25, -0.2) is 9.61 Å². The Morgan fingerprint density at radius 1 is 1.19 bits per heavy atom. The first-order chi connectivity index (χ1) is 13.0. The third kappa shape index (κ3) is 3.20. The third-order valence-corrected chi connectivity index (χ3v) is 4.92. The lowest BCUT2D eigenvalue weighted by Gasteiger charge is -2.24. The maximum atomic E-state index is 12.8. The van der Waals surface area contributed by atoms with Crippen molar-refractivity contribution in [3.63, 3.8) is 0 Å². The molecule has 0 aromatic carbocycles. The molecule has 1 aliphatic rings. The molecule has 4 rings (SSSR count). The number of hydrogen-bond donors (Lipinski definition) is 0. The average Bonchev–Trinajstić information content (AvgIpc) is 3.37. The van der Waals surface area contributed by atoms with Gasteiger partial charge < -0.3 is 9.42 Å². The van der Waals surface area contributed by atoms with Crippen LogP contribution in [0, 0.1) is 20.8 Å². The highest BCUT2D eigenvalue weighted by molar-refractivity contribution is 5.79. The number of likely N-dealkylation sites (tertiary alicyclic amines) is 1. The highest BCUT2D eigenvalue weighted by Crippen LogP contribution is 2.33. The van der Waals surface area contributed by atoms with Gasteiger partial charge in [-0.3, -0.25) is 9.78 Å². The van der Waals surface area contributed by atoms with E-state index < -0.39 is 0 Å². The summed E-state index contributed by atoms with van der Waals surface area (Å²) in [5, 5.41) is 11.5. The lowest BCUT2D eigenvalue weighted by Crippen LogP contribution is -2.32. The summed E-state index contributed by atoms with van der Waals surface area (Å²) in [6, 6.07) is -0.106. The van der Waals surface area contributed by atoms with Crippen LogP contribution < -0.4 is 0 Å². The highest BCUT2D eigenvalue weighted by Gasteiger charge is 2.32. The lowest BCUT2D eigenvalue weighted by molar-refractivity contribution is -0.131. The monoisotopic (exact) mass is 368 g/mol. The topological polar surface area (TPSA) is 111 Å². The van der Waals surface area contributed by atoms with Crippen molar-refractivity contribution in [3.8, 4) is 11.3 Å². The Balaban J connectivity index is 1.60. The van der Waals surface area contributed by atoms with Crippen molar-refractivity contribution in [2.24, 2.45) is 0 Å². The molecule has 1 unspecified atom stereocenters. The third-order valence-electron chi connectivity index (χ3n) is 4.92. The molecule has 27 heavy (non-hydrogen) atoms. The van der Waals surface area contributed by atoms with E-state index in [1.54, 1.807) is 19.3 Å². The summed E-state index contributed by atoms with van der Waals surface area (Å²) in [5.74, 6) is 0.688. The second kappa shape index (κ2) is 6.90. The van der Waals surface area contributed by atoms with E-state index >= 15 is 0 Å². The Morgan fingerprint density at radius 2 is 2.04 bits per heavy atom. The van der Waals surface area contributed by atoms with Gasteiger partial charge in [-0.1, -0.05) is 15.5 Å². The molecular weight excluding hydrogens is 348 g/mol. The number of amides is 1. The van der Waals surface area contributed by atoms with Crippen LogP contribution in [0.1, 0.15) is 47.4 Å². The van der Waals surface area contributed by atoms with Gasteiger partial charge in [0.25, 0.3) is 0 Å². The van der Waals surface area contributed by atoms with E-state index in [1.807, 2.05) is 18.7 Å². The van der Waals surface area contributed by atoms with Crippen LogP contribution in [0.4, 0.5) is 0 Å². The van der Waals surface area contributed by atoms with Crippen LogP contribution in [0.3, 0.4) is 0 Å². The number of rotatable bonds is 4. The highest BCUT2D eigenvalue weighted by atomic mass is 16.6. The van der Waals surface area contributed by atoms with Gasteiger partial charge in [0.2, 0.25) is 5.91 Å². The fraction of sp³-hybridized carbons (Fsp3) is 0.444. The van der Waals surface area contributed by atoms with Gasteiger partial charge in [-0.05, 0) is 33.6 Å². The maximum absolute atomic E-state index is 12.8. The molecule has 9 heteroatoms. The first-order valence-electron chi connectivity index (χ1n) is 8.87. The van der Waals surface area contributed by atoms with E-state index in [9.17, 15) is 4.79 Å². The minimum absolute atomic E-state index is 0.0131. The standard InChI is InChI=1S/C18H20N6O3/c1-10-13(23-27-22-10)7-17(25)24-6-4-5-16(24)14-8-19-9-15(20-14)18-11(2)21-26-12(18)3/h8-9,16H,4-7H2,1-3H3. The zero-order valence-corrected chi connectivity index (χ0v) is 15.5. The first kappa shape index (κ1) is 17.3. The second-order valence-corrected chi connectivity index (χ2v) is 6.75. The van der Waals surface area contributed by atoms with Crippen LogP contribution in [-0.2, 0) is 11.2 Å². The van der Waals surface area contributed by atoms with Crippen LogP contribution in [0.2, 0.25) is 0 Å². The predicted molar refractivity (Wildman–Crippen MR) is 93.4 cm³/mol. The minimum Gasteiger partial charge on any atom is -0.361 e. The molecule has 1 amide bonds. The van der Waals surface area contributed by atoms with Gasteiger partial charge in [0.1, 0.15) is 17.1 Å². The van der Waals surface area contributed by atoms with Crippen molar-refractivity contribution >= 4 is 5.91 Å². The Bertz CT molecular complexity index is 960. The number of nitrogens with zero attached hydrogens (tertiary/aromatic N) is 6. The Labute approximate surface area is 155 Å². The fourth-order valence-electron chi connectivity index (χ4n) is 3.54. The van der Waals surface area contributed by atoms with Gasteiger partial charge in [0, 0.05) is 6.54 Å². The van der Waals surface area contributed by atoms with Crippen LogP contribution in [0.15, 0.2) is 21.5 Å². The number of hydrogen-bond acceptors (Lipinski definition) is 8. The van der Waals surface area contributed by atoms with Crippen molar-refractivity contribution in [2.75, 3.05) is 6.54 Å². The van der Waals surface area contributed by atoms with Gasteiger partial charge in [0.05, 0.1) is 47.5 Å². The van der Waals surface area contributed by atoms with Gasteiger partial charge in [-0.2, -0.15) is 0 Å². The van der Waals surface area contributed by atoms with E-state index in [1.165, 1.54) is 0 Å². The van der Waals surface area contributed by atoms with E-state index in [0.717, 1.165) is 29.8 Å². The van der Waals surface area contributed by atoms with Gasteiger partial charge in [-0.15, -0.1) is 0 Å². The van der Waals surface area contributed by atoms with Crippen LogP contribution in [0.25, 0.3) is 11.3 Å². The first-order valence-corrected chi connectivity index (χ1v) is 8.87. The molecule has 140 valence electrons. The molecule has 0 aliphatic carbocycles. The van der Waals surface area contributed by atoms with Gasteiger partial charge in [0.15, 0.2) is 0 Å². The van der Waals surface area contributed by atoms with Crippen molar-refractivity contribution in [1.82, 2.24) is 30.3 Å². The molecule has 3 aromatic rings. The molecule has 0 bridgehead atoms. The molecule has 9 nitrogen and oxygen atoms in total. The van der Waals surface area contributed by atoms with Crippen molar-refractivity contribution < 1.29 is 13.9 Å². The maximum Gasteiger partial charge on any atom is 0.229 e. The van der Waals surface area contributed by atoms with Crippen molar-refractivity contribution in [1.29, 1.82) is 0 Å². The number of aromatic nitrogens is 5. The van der Waals surface area contributed by atoms with Crippen LogP contribution in [-0.4, -0.2) is 42.8 Å². The molecule has 1 aliphatic heterocycles. The molecular formula is C18H20N6O3. The molecule has 1 atom stereocenters. The number of carbonyl (C=O) groups excluding carboxylic acids is 1. The number of carbonyl (C=O) groups is 1. The molecule has 4 heterocycles. The Hall–Kier alpha value is -3.10. The average molecular weight is 368 g/mol. The summed E-state index contributed by atoms with van der Waals surface area (Å²) in [5.41, 5.74) is 4.31. The Morgan fingerprint density at radius 3 is 2.74 bits per heavy atom. The lowest BCUT2D eigenvalue weighted by atomic mass is 10.1. The zero-order chi connectivity index (χ0) is 19.0. The summed E-state index contributed by atoms with van der Waals surface area (Å²) < 4.78 is 9.93. The van der Waals surface area contributed by atoms with Crippen molar-refractivity contribution in [2.45, 2.75) is 46.1 Å². The smallest absolute Gasteiger partial charge is 0.229 e. The quantitative estimate of drug-likeness (QED) is 0.690. The summed E-state index contributed by atoms with van der Waals surface area (Å²) in [6.45, 7) is 6.19. The SMILES string of the molecule is Cc1nonc1CC(=O)N1CCCC1c1cncc(-c2c(C)noc2C)n1. The molecule has 1 saturated heterocycles. The summed E-state index contributed by atoms with van der Waals surface area (Å²) in [7, 11) is 0. The molecule has 0 N–H and O–H groups in total. The molecule has 0 saturated carbocycles. The normalized spacial score (nSPS) is 16.9.